The van der Waals surface area contributed by atoms with Crippen molar-refractivity contribution in [2.24, 2.45) is 0 Å². The van der Waals surface area contributed by atoms with Crippen LogP contribution in [-0.2, 0) is 13.1 Å². The highest BCUT2D eigenvalue weighted by Gasteiger charge is 2.01. The van der Waals surface area contributed by atoms with E-state index in [2.05, 4.69) is 22.6 Å². The van der Waals surface area contributed by atoms with Crippen LogP contribution in [0.2, 0.25) is 0 Å². The van der Waals surface area contributed by atoms with Gasteiger partial charge < -0.3 is 25.7 Å². The molecule has 0 amide bonds. The molecule has 26 heavy (non-hydrogen) atoms. The first kappa shape index (κ1) is 20.2. The van der Waals surface area contributed by atoms with Gasteiger partial charge >= 0.3 is 0 Å². The van der Waals surface area contributed by atoms with E-state index in [0.29, 0.717) is 24.6 Å². The Morgan fingerprint density at radius 3 is 1.58 bits per heavy atom. The van der Waals surface area contributed by atoms with E-state index in [1.54, 1.807) is 12.1 Å². The number of benzene rings is 2. The first-order chi connectivity index (χ1) is 12.7. The monoisotopic (exact) mass is 357 g/mol. The molecule has 0 aliphatic rings. The molecule has 0 fully saturated rings. The number of aromatic hydroxyl groups is 2. The predicted octanol–water partition coefficient (Wildman–Crippen LogP) is 2.69. The third-order valence-electron chi connectivity index (χ3n) is 4.40. The molecular weight excluding hydrogens is 326 g/mol. The number of phenolic OH excluding ortho intramolecular Hbond substituents is 2. The highest BCUT2D eigenvalue weighted by molar-refractivity contribution is 5.32. The quantitative estimate of drug-likeness (QED) is 0.440. The van der Waals surface area contributed by atoms with Crippen LogP contribution in [0.1, 0.15) is 24.0 Å². The molecular formula is C21H31N3O2. The summed E-state index contributed by atoms with van der Waals surface area (Å²) in [6.45, 7) is 5.37. The highest BCUT2D eigenvalue weighted by Crippen LogP contribution is 2.15. The van der Waals surface area contributed by atoms with Crippen molar-refractivity contribution in [1.82, 2.24) is 15.5 Å². The lowest BCUT2D eigenvalue weighted by Crippen LogP contribution is -2.27. The molecule has 0 saturated carbocycles. The number of rotatable bonds is 12. The molecule has 0 unspecified atom stereocenters. The van der Waals surface area contributed by atoms with E-state index in [9.17, 15) is 10.2 Å². The van der Waals surface area contributed by atoms with Gasteiger partial charge in [0.2, 0.25) is 0 Å². The Hall–Kier alpha value is -2.08. The zero-order valence-corrected chi connectivity index (χ0v) is 15.6. The number of hydrogen-bond donors (Lipinski definition) is 4. The first-order valence-electron chi connectivity index (χ1n) is 9.30. The molecule has 142 valence electrons. The highest BCUT2D eigenvalue weighted by atomic mass is 16.3. The van der Waals surface area contributed by atoms with Crippen molar-refractivity contribution in [3.63, 3.8) is 0 Å². The SMILES string of the molecule is CN(CCCNCc1ccccc1O)CCCNCc1ccccc1O. The number of phenols is 2. The minimum absolute atomic E-state index is 0.355. The maximum atomic E-state index is 9.72. The van der Waals surface area contributed by atoms with Gasteiger partial charge in [-0.2, -0.15) is 0 Å². The average molecular weight is 357 g/mol. The zero-order valence-electron chi connectivity index (χ0n) is 15.6. The summed E-state index contributed by atoms with van der Waals surface area (Å²) in [5.74, 6) is 0.710. The molecule has 0 radical (unpaired) electrons. The van der Waals surface area contributed by atoms with E-state index in [-0.39, 0.29) is 0 Å². The molecule has 0 spiro atoms. The molecule has 0 aliphatic carbocycles. The van der Waals surface area contributed by atoms with Crippen molar-refractivity contribution in [2.45, 2.75) is 25.9 Å². The molecule has 2 aromatic rings. The van der Waals surface area contributed by atoms with Gasteiger partial charge in [0.15, 0.2) is 0 Å². The minimum atomic E-state index is 0.355. The molecule has 4 N–H and O–H groups in total. The van der Waals surface area contributed by atoms with Gasteiger partial charge in [0.1, 0.15) is 11.5 Å². The normalized spacial score (nSPS) is 11.2. The summed E-state index contributed by atoms with van der Waals surface area (Å²) in [5, 5.41) is 26.2. The number of hydrogen-bond acceptors (Lipinski definition) is 5. The topological polar surface area (TPSA) is 67.8 Å². The van der Waals surface area contributed by atoms with E-state index < -0.39 is 0 Å². The molecule has 5 heteroatoms. The van der Waals surface area contributed by atoms with Crippen LogP contribution in [0.5, 0.6) is 11.5 Å². The number of para-hydroxylation sites is 2. The molecule has 0 aromatic heterocycles. The Morgan fingerprint density at radius 2 is 1.15 bits per heavy atom. The fourth-order valence-electron chi connectivity index (χ4n) is 2.83. The van der Waals surface area contributed by atoms with Gasteiger partial charge in [-0.1, -0.05) is 36.4 Å². The minimum Gasteiger partial charge on any atom is -0.508 e. The van der Waals surface area contributed by atoms with Crippen molar-refractivity contribution in [3.8, 4) is 11.5 Å². The van der Waals surface area contributed by atoms with Crippen LogP contribution in [0.4, 0.5) is 0 Å². The van der Waals surface area contributed by atoms with Gasteiger partial charge in [-0.15, -0.1) is 0 Å². The second-order valence-electron chi connectivity index (χ2n) is 6.62. The lowest BCUT2D eigenvalue weighted by Gasteiger charge is -2.17. The maximum absolute atomic E-state index is 9.72. The summed E-state index contributed by atoms with van der Waals surface area (Å²) in [6, 6.07) is 14.9. The average Bonchev–Trinajstić information content (AvgIpc) is 2.64. The molecule has 0 aliphatic heterocycles. The molecule has 5 nitrogen and oxygen atoms in total. The van der Waals surface area contributed by atoms with Gasteiger partial charge in [-0.3, -0.25) is 0 Å². The predicted molar refractivity (Wildman–Crippen MR) is 106 cm³/mol. The van der Waals surface area contributed by atoms with Crippen LogP contribution in [0.25, 0.3) is 0 Å². The van der Waals surface area contributed by atoms with Crippen molar-refractivity contribution in [1.29, 1.82) is 0 Å². The van der Waals surface area contributed by atoms with Gasteiger partial charge in [-0.25, -0.2) is 0 Å². The first-order valence-corrected chi connectivity index (χ1v) is 9.30. The van der Waals surface area contributed by atoms with Crippen LogP contribution in [0, 0.1) is 0 Å². The summed E-state index contributed by atoms with van der Waals surface area (Å²) < 4.78 is 0. The Balaban J connectivity index is 1.47. The summed E-state index contributed by atoms with van der Waals surface area (Å²) in [4.78, 5) is 2.34. The van der Waals surface area contributed by atoms with Crippen LogP contribution < -0.4 is 10.6 Å². The van der Waals surface area contributed by atoms with Gasteiger partial charge in [0, 0.05) is 24.2 Å². The Kier molecular flexibility index (Phi) is 8.96. The van der Waals surface area contributed by atoms with E-state index in [0.717, 1.165) is 50.1 Å². The zero-order chi connectivity index (χ0) is 18.6. The molecule has 2 rings (SSSR count). The van der Waals surface area contributed by atoms with E-state index >= 15 is 0 Å². The lowest BCUT2D eigenvalue weighted by molar-refractivity contribution is 0.319. The van der Waals surface area contributed by atoms with Crippen molar-refractivity contribution in [3.05, 3.63) is 59.7 Å². The van der Waals surface area contributed by atoms with Gasteiger partial charge in [0.05, 0.1) is 0 Å². The summed E-state index contributed by atoms with van der Waals surface area (Å²) in [7, 11) is 2.14. The van der Waals surface area contributed by atoms with Crippen molar-refractivity contribution in [2.75, 3.05) is 33.2 Å². The van der Waals surface area contributed by atoms with Crippen LogP contribution >= 0.6 is 0 Å². The smallest absolute Gasteiger partial charge is 0.120 e. The summed E-state index contributed by atoms with van der Waals surface area (Å²) in [5.41, 5.74) is 1.88. The second-order valence-corrected chi connectivity index (χ2v) is 6.62. The van der Waals surface area contributed by atoms with E-state index in [1.165, 1.54) is 0 Å². The third kappa shape index (κ3) is 7.44. The van der Waals surface area contributed by atoms with Crippen molar-refractivity contribution < 1.29 is 10.2 Å². The standard InChI is InChI=1S/C21H31N3O2/c1-24(14-6-12-22-16-18-8-2-4-10-20(18)25)15-7-13-23-17-19-9-3-5-11-21(19)26/h2-5,8-11,22-23,25-26H,6-7,12-17H2,1H3. The molecule has 0 atom stereocenters. The van der Waals surface area contributed by atoms with E-state index in [1.807, 2.05) is 36.4 Å². The molecule has 0 bridgehead atoms. The van der Waals surface area contributed by atoms with Crippen molar-refractivity contribution >= 4 is 0 Å². The Bertz CT molecular complexity index is 593. The van der Waals surface area contributed by atoms with Crippen LogP contribution in [0.3, 0.4) is 0 Å². The fraction of sp³-hybridized carbons (Fsp3) is 0.429. The molecule has 2 aromatic carbocycles. The van der Waals surface area contributed by atoms with Crippen LogP contribution in [-0.4, -0.2) is 48.3 Å². The third-order valence-corrected chi connectivity index (χ3v) is 4.40. The lowest BCUT2D eigenvalue weighted by atomic mass is 10.2. The van der Waals surface area contributed by atoms with Gasteiger partial charge in [0.25, 0.3) is 0 Å². The summed E-state index contributed by atoms with van der Waals surface area (Å²) >= 11 is 0. The second kappa shape index (κ2) is 11.5. The Labute approximate surface area is 156 Å². The maximum Gasteiger partial charge on any atom is 0.120 e. The van der Waals surface area contributed by atoms with Crippen LogP contribution in [0.15, 0.2) is 48.5 Å². The van der Waals surface area contributed by atoms with Gasteiger partial charge in [-0.05, 0) is 58.2 Å². The largest absolute Gasteiger partial charge is 0.508 e. The molecule has 0 heterocycles. The Morgan fingerprint density at radius 1 is 0.731 bits per heavy atom. The number of nitrogens with zero attached hydrogens (tertiary/aromatic N) is 1. The number of nitrogens with one attached hydrogen (secondary N) is 2. The molecule has 0 saturated heterocycles. The van der Waals surface area contributed by atoms with E-state index in [4.69, 9.17) is 0 Å². The summed E-state index contributed by atoms with van der Waals surface area (Å²) in [6.07, 6.45) is 2.16. The fourth-order valence-corrected chi connectivity index (χ4v) is 2.83.